The fourth-order valence-corrected chi connectivity index (χ4v) is 2.03. The molecule has 15 heavy (non-hydrogen) atoms. The minimum absolute atomic E-state index is 0.898. The fraction of sp³-hybridized carbons (Fsp3) is 0.182. The summed E-state index contributed by atoms with van der Waals surface area (Å²) in [7, 11) is 3.62. The smallest absolute Gasteiger partial charge is 0.132 e. The topological polar surface area (TPSA) is 27.1 Å². The molecule has 0 saturated carbocycles. The molecule has 0 unspecified atom stereocenters. The van der Waals surface area contributed by atoms with Crippen LogP contribution in [0.4, 0.5) is 0 Å². The van der Waals surface area contributed by atoms with E-state index < -0.39 is 0 Å². The first-order chi connectivity index (χ1) is 7.22. The van der Waals surface area contributed by atoms with Crippen LogP contribution in [0.2, 0.25) is 0 Å². The summed E-state index contributed by atoms with van der Waals surface area (Å²) < 4.78 is 8.25. The Morgan fingerprint density at radius 1 is 1.33 bits per heavy atom. The largest absolute Gasteiger partial charge is 0.496 e. The predicted molar refractivity (Wildman–Crippen MR) is 67.9 cm³/mol. The SMILES string of the molecule is COc1cc(-c2ccnn2C)ccc1I. The number of aryl methyl sites for hydroxylation is 1. The molecule has 0 radical (unpaired) electrons. The van der Waals surface area contributed by atoms with E-state index in [4.69, 9.17) is 4.74 Å². The van der Waals surface area contributed by atoms with Crippen LogP contribution in [0, 0.1) is 3.57 Å². The summed E-state index contributed by atoms with van der Waals surface area (Å²) in [5, 5.41) is 4.14. The lowest BCUT2D eigenvalue weighted by Crippen LogP contribution is -1.94. The molecule has 2 rings (SSSR count). The molecule has 0 amide bonds. The number of aromatic nitrogens is 2. The van der Waals surface area contributed by atoms with Gasteiger partial charge in [-0.15, -0.1) is 0 Å². The lowest BCUT2D eigenvalue weighted by molar-refractivity contribution is 0.412. The standard InChI is InChI=1S/C11H11IN2O/c1-14-10(5-6-13-14)8-3-4-9(12)11(7-8)15-2/h3-7H,1-2H3. The molecule has 0 bridgehead atoms. The maximum atomic E-state index is 5.29. The maximum Gasteiger partial charge on any atom is 0.132 e. The van der Waals surface area contributed by atoms with E-state index in [1.165, 1.54) is 0 Å². The molecule has 0 saturated heterocycles. The Bertz CT molecular complexity index is 479. The van der Waals surface area contributed by atoms with E-state index in [1.807, 2.05) is 29.9 Å². The zero-order valence-electron chi connectivity index (χ0n) is 8.57. The maximum absolute atomic E-state index is 5.29. The van der Waals surface area contributed by atoms with Gasteiger partial charge in [-0.1, -0.05) is 6.07 Å². The van der Waals surface area contributed by atoms with Crippen LogP contribution in [0.25, 0.3) is 11.3 Å². The van der Waals surface area contributed by atoms with Crippen molar-refractivity contribution in [3.63, 3.8) is 0 Å². The summed E-state index contributed by atoms with van der Waals surface area (Å²) in [6.07, 6.45) is 1.79. The number of benzene rings is 1. The first kappa shape index (κ1) is 10.5. The van der Waals surface area contributed by atoms with E-state index in [0.717, 1.165) is 20.6 Å². The van der Waals surface area contributed by atoms with Gasteiger partial charge in [0.25, 0.3) is 0 Å². The molecule has 1 aromatic carbocycles. The first-order valence-corrected chi connectivity index (χ1v) is 5.62. The van der Waals surface area contributed by atoms with Crippen molar-refractivity contribution in [3.8, 4) is 17.0 Å². The lowest BCUT2D eigenvalue weighted by atomic mass is 10.1. The molecule has 0 N–H and O–H groups in total. The van der Waals surface area contributed by atoms with Gasteiger partial charge in [-0.3, -0.25) is 4.68 Å². The van der Waals surface area contributed by atoms with E-state index in [2.05, 4.69) is 33.8 Å². The molecule has 3 nitrogen and oxygen atoms in total. The van der Waals surface area contributed by atoms with Gasteiger partial charge in [-0.05, 0) is 40.8 Å². The van der Waals surface area contributed by atoms with E-state index in [-0.39, 0.29) is 0 Å². The summed E-state index contributed by atoms with van der Waals surface area (Å²) >= 11 is 2.26. The number of halogens is 1. The van der Waals surface area contributed by atoms with E-state index in [0.29, 0.717) is 0 Å². The second-order valence-corrected chi connectivity index (χ2v) is 4.35. The number of rotatable bonds is 2. The van der Waals surface area contributed by atoms with Crippen molar-refractivity contribution in [2.24, 2.45) is 7.05 Å². The van der Waals surface area contributed by atoms with Crippen LogP contribution in [0.3, 0.4) is 0 Å². The molecular weight excluding hydrogens is 303 g/mol. The highest BCUT2D eigenvalue weighted by Crippen LogP contribution is 2.27. The average Bonchev–Trinajstić information content (AvgIpc) is 2.65. The fourth-order valence-electron chi connectivity index (χ4n) is 1.48. The Hall–Kier alpha value is -1.04. The molecular formula is C11H11IN2O. The van der Waals surface area contributed by atoms with Gasteiger partial charge >= 0.3 is 0 Å². The van der Waals surface area contributed by atoms with Crippen LogP contribution in [0.1, 0.15) is 0 Å². The third-order valence-electron chi connectivity index (χ3n) is 2.27. The van der Waals surface area contributed by atoms with Crippen molar-refractivity contribution in [2.45, 2.75) is 0 Å². The monoisotopic (exact) mass is 314 g/mol. The van der Waals surface area contributed by atoms with Crippen molar-refractivity contribution in [1.82, 2.24) is 9.78 Å². The van der Waals surface area contributed by atoms with Crippen molar-refractivity contribution in [1.29, 1.82) is 0 Å². The Kier molecular flexibility index (Phi) is 2.95. The van der Waals surface area contributed by atoms with Gasteiger partial charge in [0.05, 0.1) is 16.4 Å². The van der Waals surface area contributed by atoms with Crippen molar-refractivity contribution < 1.29 is 4.74 Å². The summed E-state index contributed by atoms with van der Waals surface area (Å²) in [4.78, 5) is 0. The number of hydrogen-bond donors (Lipinski definition) is 0. The van der Waals surface area contributed by atoms with E-state index >= 15 is 0 Å². The summed E-state index contributed by atoms with van der Waals surface area (Å²) in [6.45, 7) is 0. The second-order valence-electron chi connectivity index (χ2n) is 3.19. The highest BCUT2D eigenvalue weighted by Gasteiger charge is 2.06. The van der Waals surface area contributed by atoms with Crippen molar-refractivity contribution >= 4 is 22.6 Å². The van der Waals surface area contributed by atoms with Gasteiger partial charge < -0.3 is 4.74 Å². The molecule has 0 spiro atoms. The molecule has 4 heteroatoms. The number of nitrogens with zero attached hydrogens (tertiary/aromatic N) is 2. The van der Waals surface area contributed by atoms with E-state index in [1.54, 1.807) is 13.3 Å². The Labute approximate surface area is 102 Å². The summed E-state index contributed by atoms with van der Waals surface area (Å²) in [5.41, 5.74) is 2.21. The molecule has 0 atom stereocenters. The molecule has 1 heterocycles. The molecule has 0 aliphatic rings. The predicted octanol–water partition coefficient (Wildman–Crippen LogP) is 2.70. The second kappa shape index (κ2) is 4.22. The highest BCUT2D eigenvalue weighted by molar-refractivity contribution is 14.1. The Balaban J connectivity index is 2.51. The van der Waals surface area contributed by atoms with Gasteiger partial charge in [0.15, 0.2) is 0 Å². The zero-order chi connectivity index (χ0) is 10.8. The van der Waals surface area contributed by atoms with Crippen LogP contribution in [0.5, 0.6) is 5.75 Å². The number of ether oxygens (including phenoxy) is 1. The van der Waals surface area contributed by atoms with Crippen molar-refractivity contribution in [2.75, 3.05) is 7.11 Å². The lowest BCUT2D eigenvalue weighted by Gasteiger charge is -2.06. The summed E-state index contributed by atoms with van der Waals surface area (Å²) in [5.74, 6) is 0.898. The highest BCUT2D eigenvalue weighted by atomic mass is 127. The minimum Gasteiger partial charge on any atom is -0.496 e. The van der Waals surface area contributed by atoms with Crippen LogP contribution in [0.15, 0.2) is 30.5 Å². The third-order valence-corrected chi connectivity index (χ3v) is 3.16. The third kappa shape index (κ3) is 1.99. The van der Waals surface area contributed by atoms with E-state index in [9.17, 15) is 0 Å². The quantitative estimate of drug-likeness (QED) is 0.797. The van der Waals surface area contributed by atoms with Crippen LogP contribution in [-0.4, -0.2) is 16.9 Å². The zero-order valence-corrected chi connectivity index (χ0v) is 10.7. The molecule has 1 aromatic heterocycles. The normalized spacial score (nSPS) is 10.3. The summed E-state index contributed by atoms with van der Waals surface area (Å²) in [6, 6.07) is 8.13. The Morgan fingerprint density at radius 2 is 2.13 bits per heavy atom. The van der Waals surface area contributed by atoms with Gasteiger partial charge in [0.2, 0.25) is 0 Å². The number of hydrogen-bond acceptors (Lipinski definition) is 2. The van der Waals surface area contributed by atoms with Crippen LogP contribution >= 0.6 is 22.6 Å². The molecule has 78 valence electrons. The molecule has 0 aliphatic heterocycles. The minimum atomic E-state index is 0.898. The van der Waals surface area contributed by atoms with Gasteiger partial charge in [-0.2, -0.15) is 5.10 Å². The van der Waals surface area contributed by atoms with Gasteiger partial charge in [0, 0.05) is 18.8 Å². The molecule has 0 aliphatic carbocycles. The number of methoxy groups -OCH3 is 1. The molecule has 0 fully saturated rings. The van der Waals surface area contributed by atoms with Crippen molar-refractivity contribution in [3.05, 3.63) is 34.0 Å². The van der Waals surface area contributed by atoms with Crippen LogP contribution in [-0.2, 0) is 7.05 Å². The van der Waals surface area contributed by atoms with Crippen LogP contribution < -0.4 is 4.74 Å². The molecule has 2 aromatic rings. The first-order valence-electron chi connectivity index (χ1n) is 4.54. The van der Waals surface area contributed by atoms with Gasteiger partial charge in [0.1, 0.15) is 5.75 Å². The van der Waals surface area contributed by atoms with Gasteiger partial charge in [-0.25, -0.2) is 0 Å². The Morgan fingerprint density at radius 3 is 2.73 bits per heavy atom. The average molecular weight is 314 g/mol.